The number of hydrogen-bond acceptors (Lipinski definition) is 3. The van der Waals surface area contributed by atoms with Crippen molar-refractivity contribution < 1.29 is 4.42 Å². The van der Waals surface area contributed by atoms with E-state index in [1.807, 2.05) is 19.1 Å². The topological polar surface area (TPSA) is 51.2 Å². The molecule has 0 aromatic carbocycles. The molecule has 3 rings (SSSR count). The van der Waals surface area contributed by atoms with Gasteiger partial charge in [0, 0.05) is 12.6 Å². The maximum atomic E-state index is 6.28. The summed E-state index contributed by atoms with van der Waals surface area (Å²) in [6.07, 6.45) is 4.12. The summed E-state index contributed by atoms with van der Waals surface area (Å²) in [6, 6.07) is 4.49. The van der Waals surface area contributed by atoms with Gasteiger partial charge in [0.1, 0.15) is 11.5 Å². The van der Waals surface area contributed by atoms with E-state index in [9.17, 15) is 0 Å². The summed E-state index contributed by atoms with van der Waals surface area (Å²) < 4.78 is 5.54. The first kappa shape index (κ1) is 11.3. The van der Waals surface area contributed by atoms with Gasteiger partial charge in [-0.1, -0.05) is 0 Å². The van der Waals surface area contributed by atoms with E-state index in [1.54, 1.807) is 0 Å². The van der Waals surface area contributed by atoms with E-state index in [1.165, 1.54) is 19.3 Å². The molecule has 17 heavy (non-hydrogen) atoms. The fourth-order valence-corrected chi connectivity index (χ4v) is 3.70. The molecule has 2 bridgehead atoms. The standard InChI is InChI=1S/C14H22N2O/c1-9-2-5-12(17-9)7-16-8-13-10-3-4-11(6-10)14(13)15/h2,5,10-11,13-14,16H,3-4,6-8,15H2,1H3. The van der Waals surface area contributed by atoms with Crippen molar-refractivity contribution in [3.05, 3.63) is 23.7 Å². The zero-order valence-corrected chi connectivity index (χ0v) is 10.5. The van der Waals surface area contributed by atoms with Gasteiger partial charge in [0.25, 0.3) is 0 Å². The number of hydrogen-bond donors (Lipinski definition) is 2. The first-order valence-corrected chi connectivity index (χ1v) is 6.75. The number of fused-ring (bicyclic) bond motifs is 2. The van der Waals surface area contributed by atoms with Crippen molar-refractivity contribution >= 4 is 0 Å². The van der Waals surface area contributed by atoms with Crippen LogP contribution in [0.3, 0.4) is 0 Å². The van der Waals surface area contributed by atoms with Crippen LogP contribution in [-0.2, 0) is 6.54 Å². The molecular weight excluding hydrogens is 212 g/mol. The first-order valence-electron chi connectivity index (χ1n) is 6.75. The summed E-state index contributed by atoms with van der Waals surface area (Å²) in [5, 5.41) is 3.50. The highest BCUT2D eigenvalue weighted by Crippen LogP contribution is 2.47. The van der Waals surface area contributed by atoms with Crippen LogP contribution in [0.4, 0.5) is 0 Å². The molecule has 4 unspecified atom stereocenters. The third-order valence-electron chi connectivity index (χ3n) is 4.63. The van der Waals surface area contributed by atoms with Crippen molar-refractivity contribution in [1.29, 1.82) is 0 Å². The van der Waals surface area contributed by atoms with Gasteiger partial charge in [0.2, 0.25) is 0 Å². The molecule has 0 spiro atoms. The largest absolute Gasteiger partial charge is 0.465 e. The molecule has 4 atom stereocenters. The van der Waals surface area contributed by atoms with Gasteiger partial charge in [-0.05, 0) is 56.1 Å². The number of nitrogens with one attached hydrogen (secondary N) is 1. The van der Waals surface area contributed by atoms with Crippen molar-refractivity contribution in [1.82, 2.24) is 5.32 Å². The highest BCUT2D eigenvalue weighted by Gasteiger charge is 2.45. The summed E-state index contributed by atoms with van der Waals surface area (Å²) in [5.41, 5.74) is 6.28. The summed E-state index contributed by atoms with van der Waals surface area (Å²) in [4.78, 5) is 0. The smallest absolute Gasteiger partial charge is 0.117 e. The predicted molar refractivity (Wildman–Crippen MR) is 67.4 cm³/mol. The minimum atomic E-state index is 0.430. The number of nitrogens with two attached hydrogens (primary N) is 1. The molecule has 0 saturated heterocycles. The Hall–Kier alpha value is -0.800. The normalized spacial score (nSPS) is 35.6. The SMILES string of the molecule is Cc1ccc(CNCC2C3CCC(C3)C2N)o1. The van der Waals surface area contributed by atoms with Gasteiger partial charge in [0.05, 0.1) is 6.54 Å². The Balaban J connectivity index is 1.48. The van der Waals surface area contributed by atoms with Crippen LogP contribution >= 0.6 is 0 Å². The quantitative estimate of drug-likeness (QED) is 0.838. The van der Waals surface area contributed by atoms with Crippen LogP contribution in [0.1, 0.15) is 30.8 Å². The first-order chi connectivity index (χ1) is 8.24. The third kappa shape index (κ3) is 2.14. The fraction of sp³-hybridized carbons (Fsp3) is 0.714. The van der Waals surface area contributed by atoms with Crippen LogP contribution in [-0.4, -0.2) is 12.6 Å². The molecule has 2 aliphatic rings. The molecule has 3 nitrogen and oxygen atoms in total. The highest BCUT2D eigenvalue weighted by atomic mass is 16.3. The third-order valence-corrected chi connectivity index (χ3v) is 4.63. The molecule has 2 aliphatic carbocycles. The van der Waals surface area contributed by atoms with E-state index in [2.05, 4.69) is 5.32 Å². The molecule has 2 fully saturated rings. The Bertz CT molecular complexity index is 385. The lowest BCUT2D eigenvalue weighted by molar-refractivity contribution is 0.275. The Morgan fingerprint density at radius 2 is 2.18 bits per heavy atom. The van der Waals surface area contributed by atoms with Crippen LogP contribution in [0.25, 0.3) is 0 Å². The van der Waals surface area contributed by atoms with E-state index >= 15 is 0 Å². The van der Waals surface area contributed by atoms with Crippen molar-refractivity contribution in [3.8, 4) is 0 Å². The summed E-state index contributed by atoms with van der Waals surface area (Å²) in [6.45, 7) is 3.85. The van der Waals surface area contributed by atoms with Crippen molar-refractivity contribution in [2.24, 2.45) is 23.5 Å². The lowest BCUT2D eigenvalue weighted by Gasteiger charge is -2.28. The molecular formula is C14H22N2O. The van der Waals surface area contributed by atoms with Crippen LogP contribution in [0.15, 0.2) is 16.5 Å². The van der Waals surface area contributed by atoms with Crippen molar-refractivity contribution in [2.75, 3.05) is 6.54 Å². The highest BCUT2D eigenvalue weighted by molar-refractivity contribution is 5.05. The van der Waals surface area contributed by atoms with Crippen molar-refractivity contribution in [2.45, 2.75) is 38.8 Å². The summed E-state index contributed by atoms with van der Waals surface area (Å²) >= 11 is 0. The van der Waals surface area contributed by atoms with E-state index < -0.39 is 0 Å². The van der Waals surface area contributed by atoms with Crippen molar-refractivity contribution in [3.63, 3.8) is 0 Å². The average molecular weight is 234 g/mol. The lowest BCUT2D eigenvalue weighted by atomic mass is 9.85. The Labute approximate surface area is 103 Å². The Morgan fingerprint density at radius 1 is 1.35 bits per heavy atom. The second kappa shape index (κ2) is 4.46. The van der Waals surface area contributed by atoms with Crippen LogP contribution in [0, 0.1) is 24.7 Å². The van der Waals surface area contributed by atoms with Gasteiger partial charge in [-0.15, -0.1) is 0 Å². The minimum Gasteiger partial charge on any atom is -0.465 e. The van der Waals surface area contributed by atoms with Gasteiger partial charge in [0.15, 0.2) is 0 Å². The predicted octanol–water partition coefficient (Wildman–Crippen LogP) is 2.05. The van der Waals surface area contributed by atoms with Gasteiger partial charge >= 0.3 is 0 Å². The van der Waals surface area contributed by atoms with E-state index in [4.69, 9.17) is 10.2 Å². The monoisotopic (exact) mass is 234 g/mol. The second-order valence-electron chi connectivity index (χ2n) is 5.72. The molecule has 1 aromatic heterocycles. The fourth-order valence-electron chi connectivity index (χ4n) is 3.70. The zero-order chi connectivity index (χ0) is 11.8. The molecule has 2 saturated carbocycles. The summed E-state index contributed by atoms with van der Waals surface area (Å²) in [5.74, 6) is 4.38. The molecule has 1 aromatic rings. The second-order valence-corrected chi connectivity index (χ2v) is 5.72. The molecule has 1 heterocycles. The molecule has 94 valence electrons. The van der Waals surface area contributed by atoms with Gasteiger partial charge in [-0.3, -0.25) is 0 Å². The maximum Gasteiger partial charge on any atom is 0.117 e. The molecule has 0 amide bonds. The van der Waals surface area contributed by atoms with Gasteiger partial charge in [-0.25, -0.2) is 0 Å². The number of rotatable bonds is 4. The number of furan rings is 1. The summed E-state index contributed by atoms with van der Waals surface area (Å²) in [7, 11) is 0. The molecule has 3 heteroatoms. The lowest BCUT2D eigenvalue weighted by Crippen LogP contribution is -2.41. The van der Waals surface area contributed by atoms with E-state index in [0.717, 1.165) is 36.4 Å². The van der Waals surface area contributed by atoms with Gasteiger partial charge in [-0.2, -0.15) is 0 Å². The average Bonchev–Trinajstić information content (AvgIpc) is 2.97. The Kier molecular flexibility index (Phi) is 2.97. The molecule has 0 radical (unpaired) electrons. The minimum absolute atomic E-state index is 0.430. The van der Waals surface area contributed by atoms with Crippen LogP contribution in [0.5, 0.6) is 0 Å². The van der Waals surface area contributed by atoms with Crippen LogP contribution < -0.4 is 11.1 Å². The molecule has 3 N–H and O–H groups in total. The Morgan fingerprint density at radius 3 is 2.82 bits per heavy atom. The van der Waals surface area contributed by atoms with E-state index in [-0.39, 0.29) is 0 Å². The van der Waals surface area contributed by atoms with Crippen LogP contribution in [0.2, 0.25) is 0 Å². The van der Waals surface area contributed by atoms with E-state index in [0.29, 0.717) is 12.0 Å². The molecule has 0 aliphatic heterocycles. The number of aryl methyl sites for hydroxylation is 1. The van der Waals surface area contributed by atoms with Gasteiger partial charge < -0.3 is 15.5 Å². The maximum absolute atomic E-state index is 6.28. The zero-order valence-electron chi connectivity index (χ0n) is 10.5.